The number of H-pyrrole nitrogens is 1. The zero-order chi connectivity index (χ0) is 4.41. The minimum absolute atomic E-state index is 1.16. The predicted octanol–water partition coefficient (Wildman–Crippen LogP) is 1.12. The summed E-state index contributed by atoms with van der Waals surface area (Å²) in [5, 5.41) is 0. The summed E-state index contributed by atoms with van der Waals surface area (Å²) in [4.78, 5) is 2.80. The quantitative estimate of drug-likeness (QED) is 0.449. The standard InChI is InChI=1S/C5H6N/c1-5-2-3-6-4-5/h2-3,6H,1H3/q-1. The molecule has 1 aromatic rings. The van der Waals surface area contributed by atoms with Gasteiger partial charge in [0.05, 0.1) is 0 Å². The van der Waals surface area contributed by atoms with Gasteiger partial charge in [-0.2, -0.15) is 17.8 Å². The molecule has 0 amide bonds. The number of aryl methyl sites for hydroxylation is 1. The first-order valence-electron chi connectivity index (χ1n) is 1.91. The number of nitrogens with one attached hydrogen (secondary N) is 1. The Morgan fingerprint density at radius 2 is 2.67 bits per heavy atom. The van der Waals surface area contributed by atoms with Crippen LogP contribution >= 0.6 is 0 Å². The lowest BCUT2D eigenvalue weighted by Crippen LogP contribution is -1.52. The summed E-state index contributed by atoms with van der Waals surface area (Å²) in [6.07, 6.45) is 4.73. The van der Waals surface area contributed by atoms with Crippen LogP contribution in [0, 0.1) is 13.1 Å². The van der Waals surface area contributed by atoms with Gasteiger partial charge >= 0.3 is 0 Å². The molecule has 1 aromatic heterocycles. The summed E-state index contributed by atoms with van der Waals surface area (Å²) in [7, 11) is 0. The summed E-state index contributed by atoms with van der Waals surface area (Å²) in [6.45, 7) is 2.00. The highest BCUT2D eigenvalue weighted by atomic mass is 14.6. The fourth-order valence-electron chi connectivity index (χ4n) is 0.364. The van der Waals surface area contributed by atoms with E-state index in [1.54, 1.807) is 0 Å². The van der Waals surface area contributed by atoms with Crippen LogP contribution in [0.1, 0.15) is 5.56 Å². The van der Waals surface area contributed by atoms with Crippen LogP contribution in [0.5, 0.6) is 0 Å². The van der Waals surface area contributed by atoms with E-state index < -0.39 is 0 Å². The monoisotopic (exact) mass is 80.1 g/mol. The maximum absolute atomic E-state index is 2.88. The number of aromatic nitrogens is 1. The van der Waals surface area contributed by atoms with Gasteiger partial charge in [0.15, 0.2) is 0 Å². The van der Waals surface area contributed by atoms with Crippen LogP contribution in [0.4, 0.5) is 0 Å². The Kier molecular flexibility index (Phi) is 0.675. The molecule has 1 nitrogen and oxygen atoms in total. The van der Waals surface area contributed by atoms with Gasteiger partial charge in [0.1, 0.15) is 0 Å². The van der Waals surface area contributed by atoms with Gasteiger partial charge in [0.2, 0.25) is 0 Å². The lowest BCUT2D eigenvalue weighted by molar-refractivity contribution is 1.37. The minimum Gasteiger partial charge on any atom is -0.484 e. The van der Waals surface area contributed by atoms with Crippen LogP contribution in [-0.4, -0.2) is 4.98 Å². The molecule has 0 atom stereocenters. The van der Waals surface area contributed by atoms with Gasteiger partial charge in [0, 0.05) is 0 Å². The average molecular weight is 80.1 g/mol. The van der Waals surface area contributed by atoms with E-state index in [2.05, 4.69) is 11.2 Å². The molecule has 0 spiro atoms. The SMILES string of the molecule is Cc1[c-][nH]cc1. The molecule has 0 aliphatic rings. The molecule has 0 aromatic carbocycles. The molecule has 6 heavy (non-hydrogen) atoms. The molecule has 32 valence electrons. The van der Waals surface area contributed by atoms with Crippen molar-refractivity contribution in [2.75, 3.05) is 0 Å². The molecule has 0 radical (unpaired) electrons. The summed E-state index contributed by atoms with van der Waals surface area (Å²) in [5.74, 6) is 0. The molecular formula is C5H6N-. The lowest BCUT2D eigenvalue weighted by Gasteiger charge is -1.76. The molecule has 0 aliphatic heterocycles. The van der Waals surface area contributed by atoms with E-state index in [9.17, 15) is 0 Å². The Bertz CT molecular complexity index is 107. The molecular weight excluding hydrogens is 74.1 g/mol. The van der Waals surface area contributed by atoms with Gasteiger partial charge < -0.3 is 4.98 Å². The van der Waals surface area contributed by atoms with Crippen molar-refractivity contribution in [1.29, 1.82) is 0 Å². The second kappa shape index (κ2) is 1.17. The van der Waals surface area contributed by atoms with Crippen LogP contribution in [-0.2, 0) is 0 Å². The number of hydrogen-bond donors (Lipinski definition) is 1. The van der Waals surface area contributed by atoms with Crippen molar-refractivity contribution in [3.8, 4) is 0 Å². The van der Waals surface area contributed by atoms with E-state index in [1.807, 2.05) is 19.2 Å². The molecule has 0 saturated heterocycles. The van der Waals surface area contributed by atoms with E-state index >= 15 is 0 Å². The minimum atomic E-state index is 1.16. The Labute approximate surface area is 37.0 Å². The highest BCUT2D eigenvalue weighted by Crippen LogP contribution is 1.87. The van der Waals surface area contributed by atoms with Gasteiger partial charge in [-0.3, -0.25) is 0 Å². The van der Waals surface area contributed by atoms with Gasteiger partial charge in [0.25, 0.3) is 0 Å². The Hall–Kier alpha value is -0.720. The van der Waals surface area contributed by atoms with E-state index in [0.717, 1.165) is 5.56 Å². The normalized spacial score (nSPS) is 8.83. The molecule has 0 unspecified atom stereocenters. The third kappa shape index (κ3) is 0.432. The lowest BCUT2D eigenvalue weighted by atomic mass is 10.4. The molecule has 0 saturated carbocycles. The third-order valence-electron chi connectivity index (χ3n) is 0.686. The topological polar surface area (TPSA) is 15.8 Å². The average Bonchev–Trinajstić information content (AvgIpc) is 1.86. The van der Waals surface area contributed by atoms with Gasteiger partial charge in [-0.05, 0) is 0 Å². The number of rotatable bonds is 0. The second-order valence-corrected chi connectivity index (χ2v) is 1.29. The van der Waals surface area contributed by atoms with Crippen molar-refractivity contribution in [3.63, 3.8) is 0 Å². The summed E-state index contributed by atoms with van der Waals surface area (Å²) >= 11 is 0. The van der Waals surface area contributed by atoms with Gasteiger partial charge in [-0.15, -0.1) is 6.20 Å². The molecule has 1 heterocycles. The second-order valence-electron chi connectivity index (χ2n) is 1.29. The smallest absolute Gasteiger partial charge is 0.0625 e. The molecule has 0 aliphatic carbocycles. The van der Waals surface area contributed by atoms with Crippen LogP contribution in [0.25, 0.3) is 0 Å². The Morgan fingerprint density at radius 1 is 1.83 bits per heavy atom. The van der Waals surface area contributed by atoms with Gasteiger partial charge in [-0.25, -0.2) is 0 Å². The van der Waals surface area contributed by atoms with Crippen molar-refractivity contribution in [1.82, 2.24) is 4.98 Å². The Morgan fingerprint density at radius 3 is 2.83 bits per heavy atom. The summed E-state index contributed by atoms with van der Waals surface area (Å²) in [5.41, 5.74) is 1.16. The van der Waals surface area contributed by atoms with Crippen molar-refractivity contribution in [2.24, 2.45) is 0 Å². The van der Waals surface area contributed by atoms with Crippen molar-refractivity contribution in [3.05, 3.63) is 24.0 Å². The molecule has 1 N–H and O–H groups in total. The summed E-state index contributed by atoms with van der Waals surface area (Å²) in [6, 6.07) is 1.97. The van der Waals surface area contributed by atoms with E-state index in [1.165, 1.54) is 0 Å². The van der Waals surface area contributed by atoms with Crippen LogP contribution in [0.2, 0.25) is 0 Å². The van der Waals surface area contributed by atoms with E-state index in [-0.39, 0.29) is 0 Å². The number of aromatic amines is 1. The largest absolute Gasteiger partial charge is 0.484 e. The Balaban J connectivity index is 3.05. The molecule has 1 rings (SSSR count). The molecule has 0 bridgehead atoms. The van der Waals surface area contributed by atoms with Crippen molar-refractivity contribution >= 4 is 0 Å². The van der Waals surface area contributed by atoms with Crippen LogP contribution < -0.4 is 0 Å². The molecule has 0 fully saturated rings. The van der Waals surface area contributed by atoms with Crippen molar-refractivity contribution in [2.45, 2.75) is 6.92 Å². The highest BCUT2D eigenvalue weighted by Gasteiger charge is 1.61. The predicted molar refractivity (Wildman–Crippen MR) is 24.4 cm³/mol. The first-order valence-corrected chi connectivity index (χ1v) is 1.91. The fraction of sp³-hybridized carbons (Fsp3) is 0.200. The first kappa shape index (κ1) is 3.47. The molecule has 1 heteroatoms. The van der Waals surface area contributed by atoms with E-state index in [0.29, 0.717) is 0 Å². The highest BCUT2D eigenvalue weighted by molar-refractivity contribution is 5.02. The number of hydrogen-bond acceptors (Lipinski definition) is 0. The fourth-order valence-corrected chi connectivity index (χ4v) is 0.364. The summed E-state index contributed by atoms with van der Waals surface area (Å²) < 4.78 is 0. The maximum Gasteiger partial charge on any atom is -0.0625 e. The zero-order valence-corrected chi connectivity index (χ0v) is 3.65. The van der Waals surface area contributed by atoms with Crippen molar-refractivity contribution < 1.29 is 0 Å². The van der Waals surface area contributed by atoms with E-state index in [4.69, 9.17) is 0 Å². The zero-order valence-electron chi connectivity index (χ0n) is 3.65. The first-order chi connectivity index (χ1) is 2.89. The maximum atomic E-state index is 2.88. The van der Waals surface area contributed by atoms with Crippen LogP contribution in [0.3, 0.4) is 0 Å². The van der Waals surface area contributed by atoms with Crippen LogP contribution in [0.15, 0.2) is 12.3 Å². The van der Waals surface area contributed by atoms with Gasteiger partial charge in [-0.1, -0.05) is 6.92 Å². The third-order valence-corrected chi connectivity index (χ3v) is 0.686.